The van der Waals surface area contributed by atoms with E-state index >= 15 is 0 Å². The number of carbonyl (C=O) groups excluding carboxylic acids is 1. The molecule has 0 unspecified atom stereocenters. The molecule has 2 N–H and O–H groups in total. The summed E-state index contributed by atoms with van der Waals surface area (Å²) in [6.45, 7) is 3.48. The van der Waals surface area contributed by atoms with E-state index in [4.69, 9.17) is 16.3 Å². The van der Waals surface area contributed by atoms with E-state index in [1.807, 2.05) is 12.1 Å². The van der Waals surface area contributed by atoms with Gasteiger partial charge in [-0.3, -0.25) is 5.32 Å². The molecule has 0 aliphatic carbocycles. The number of ether oxygens (including phenoxy) is 1. The van der Waals surface area contributed by atoms with Gasteiger partial charge in [0.2, 0.25) is 5.95 Å². The first-order valence-corrected chi connectivity index (χ1v) is 10.8. The average Bonchev–Trinajstić information content (AvgIpc) is 2.84. The van der Waals surface area contributed by atoms with Gasteiger partial charge >= 0.3 is 12.3 Å². The average molecular weight is 492 g/mol. The van der Waals surface area contributed by atoms with Crippen molar-refractivity contribution < 1.29 is 22.7 Å². The number of benzene rings is 2. The Balaban J connectivity index is 1.32. The van der Waals surface area contributed by atoms with E-state index in [0.29, 0.717) is 11.5 Å². The molecule has 11 heteroatoms. The molecule has 34 heavy (non-hydrogen) atoms. The fourth-order valence-corrected chi connectivity index (χ4v) is 3.64. The number of carbonyl (C=O) groups is 1. The number of piperazine rings is 1. The van der Waals surface area contributed by atoms with Crippen LogP contribution in [0.2, 0.25) is 5.02 Å². The second-order valence-corrected chi connectivity index (χ2v) is 8.01. The normalized spacial score (nSPS) is 14.1. The van der Waals surface area contributed by atoms with E-state index in [1.54, 1.807) is 24.5 Å². The molecule has 1 aliphatic rings. The minimum atomic E-state index is -4.63. The molecular formula is C23H21ClF3N5O2. The first-order chi connectivity index (χ1) is 16.3. The Morgan fingerprint density at radius 2 is 1.74 bits per heavy atom. The van der Waals surface area contributed by atoms with Crippen LogP contribution in [0, 0.1) is 0 Å². The predicted octanol–water partition coefficient (Wildman–Crippen LogP) is 4.97. The molecular weight excluding hydrogens is 471 g/mol. The van der Waals surface area contributed by atoms with Crippen molar-refractivity contribution in [2.24, 2.45) is 0 Å². The lowest BCUT2D eigenvalue weighted by molar-refractivity contribution is -0.137. The number of rotatable bonds is 5. The molecule has 3 aromatic rings. The molecule has 1 aliphatic heterocycles. The molecule has 0 saturated carbocycles. The highest BCUT2D eigenvalue weighted by molar-refractivity contribution is 6.31. The van der Waals surface area contributed by atoms with E-state index in [9.17, 15) is 18.0 Å². The van der Waals surface area contributed by atoms with Gasteiger partial charge in [0.25, 0.3) is 0 Å². The van der Waals surface area contributed by atoms with Crippen LogP contribution in [0.1, 0.15) is 11.1 Å². The lowest BCUT2D eigenvalue weighted by Gasteiger charge is -2.27. The van der Waals surface area contributed by atoms with Crippen LogP contribution in [0.4, 0.5) is 29.6 Å². The summed E-state index contributed by atoms with van der Waals surface area (Å²) in [5.74, 6) is 0.698. The van der Waals surface area contributed by atoms with Gasteiger partial charge in [-0.2, -0.15) is 13.2 Å². The number of nitrogens with zero attached hydrogens (tertiary/aromatic N) is 3. The molecule has 1 fully saturated rings. The third-order valence-electron chi connectivity index (χ3n) is 5.21. The summed E-state index contributed by atoms with van der Waals surface area (Å²) < 4.78 is 44.0. The molecule has 7 nitrogen and oxygen atoms in total. The Hall–Kier alpha value is -3.37. The first-order valence-electron chi connectivity index (χ1n) is 10.5. The summed E-state index contributed by atoms with van der Waals surface area (Å²) in [5, 5.41) is 5.12. The highest BCUT2D eigenvalue weighted by Gasteiger charge is 2.33. The standard InChI is InChI=1S/C23H21ClF3N5O2/c24-20-6-5-18(11-19(20)23(25,26)27)31-22(33)34-14-15-1-3-16(4-2-15)17-12-29-21(30-13-17)32-9-7-28-8-10-32/h1-6,11-13,28H,7-10,14H2,(H,31,33). The number of hydrogen-bond acceptors (Lipinski definition) is 6. The minimum Gasteiger partial charge on any atom is -0.444 e. The summed E-state index contributed by atoms with van der Waals surface area (Å²) in [6.07, 6.45) is -1.97. The number of alkyl halides is 3. The molecule has 0 atom stereocenters. The summed E-state index contributed by atoms with van der Waals surface area (Å²) in [4.78, 5) is 23.1. The zero-order valence-corrected chi connectivity index (χ0v) is 18.7. The maximum Gasteiger partial charge on any atom is 0.417 e. The Morgan fingerprint density at radius 3 is 2.38 bits per heavy atom. The largest absolute Gasteiger partial charge is 0.444 e. The fourth-order valence-electron chi connectivity index (χ4n) is 3.41. The van der Waals surface area contributed by atoms with E-state index < -0.39 is 22.9 Å². The fraction of sp³-hybridized carbons (Fsp3) is 0.261. The summed E-state index contributed by atoms with van der Waals surface area (Å²) in [7, 11) is 0. The second-order valence-electron chi connectivity index (χ2n) is 7.60. The van der Waals surface area contributed by atoms with Crippen LogP contribution in [0.15, 0.2) is 54.9 Å². The predicted molar refractivity (Wildman–Crippen MR) is 123 cm³/mol. The first kappa shape index (κ1) is 23.8. The number of halogens is 4. The quantitative estimate of drug-likeness (QED) is 0.524. The second kappa shape index (κ2) is 10.3. The van der Waals surface area contributed by atoms with Crippen LogP contribution in [0.3, 0.4) is 0 Å². The lowest BCUT2D eigenvalue weighted by Crippen LogP contribution is -2.44. The monoisotopic (exact) mass is 491 g/mol. The molecule has 1 amide bonds. The van der Waals surface area contributed by atoms with Gasteiger partial charge in [0.05, 0.1) is 10.6 Å². The van der Waals surface area contributed by atoms with Crippen LogP contribution in [-0.2, 0) is 17.5 Å². The number of nitrogens with one attached hydrogen (secondary N) is 2. The van der Waals surface area contributed by atoms with Crippen molar-refractivity contribution in [3.05, 3.63) is 71.0 Å². The van der Waals surface area contributed by atoms with E-state index in [1.165, 1.54) is 6.07 Å². The maximum absolute atomic E-state index is 13.0. The number of aromatic nitrogens is 2. The number of anilines is 2. The van der Waals surface area contributed by atoms with Gasteiger partial charge in [0.1, 0.15) is 6.61 Å². The highest BCUT2D eigenvalue weighted by atomic mass is 35.5. The SMILES string of the molecule is O=C(Nc1ccc(Cl)c(C(F)(F)F)c1)OCc1ccc(-c2cnc(N3CCNCC3)nc2)cc1. The van der Waals surface area contributed by atoms with Crippen molar-refractivity contribution in [3.63, 3.8) is 0 Å². The van der Waals surface area contributed by atoms with Crippen molar-refractivity contribution in [1.29, 1.82) is 0 Å². The molecule has 1 aromatic heterocycles. The number of hydrogen-bond donors (Lipinski definition) is 2. The van der Waals surface area contributed by atoms with Gasteiger partial charge in [-0.05, 0) is 29.3 Å². The molecule has 0 bridgehead atoms. The van der Waals surface area contributed by atoms with E-state index in [2.05, 4.69) is 25.5 Å². The van der Waals surface area contributed by atoms with Crippen LogP contribution in [-0.4, -0.2) is 42.2 Å². The molecule has 0 spiro atoms. The van der Waals surface area contributed by atoms with Gasteiger partial charge in [0, 0.05) is 49.8 Å². The molecule has 178 valence electrons. The minimum absolute atomic E-state index is 0.0513. The van der Waals surface area contributed by atoms with Crippen LogP contribution in [0.5, 0.6) is 0 Å². The number of amides is 1. The topological polar surface area (TPSA) is 79.4 Å². The smallest absolute Gasteiger partial charge is 0.417 e. The lowest BCUT2D eigenvalue weighted by atomic mass is 10.1. The van der Waals surface area contributed by atoms with Gasteiger partial charge in [-0.25, -0.2) is 14.8 Å². The van der Waals surface area contributed by atoms with Crippen LogP contribution < -0.4 is 15.5 Å². The van der Waals surface area contributed by atoms with Gasteiger partial charge < -0.3 is 15.0 Å². The van der Waals surface area contributed by atoms with Gasteiger partial charge in [-0.15, -0.1) is 0 Å². The molecule has 0 radical (unpaired) electrons. The van der Waals surface area contributed by atoms with Crippen LogP contribution >= 0.6 is 11.6 Å². The molecule has 2 aromatic carbocycles. The third kappa shape index (κ3) is 5.95. The summed E-state index contributed by atoms with van der Waals surface area (Å²) in [5.41, 5.74) is 1.37. The molecule has 4 rings (SSSR count). The summed E-state index contributed by atoms with van der Waals surface area (Å²) >= 11 is 5.58. The molecule has 1 saturated heterocycles. The van der Waals surface area contributed by atoms with Crippen LogP contribution in [0.25, 0.3) is 11.1 Å². The van der Waals surface area contributed by atoms with E-state index in [0.717, 1.165) is 49.4 Å². The van der Waals surface area contributed by atoms with Gasteiger partial charge in [-0.1, -0.05) is 35.9 Å². The Kier molecular flexibility index (Phi) is 7.18. The van der Waals surface area contributed by atoms with Crippen molar-refractivity contribution >= 4 is 29.3 Å². The van der Waals surface area contributed by atoms with Crippen molar-refractivity contribution in [2.45, 2.75) is 12.8 Å². The van der Waals surface area contributed by atoms with Gasteiger partial charge in [0.15, 0.2) is 0 Å². The Morgan fingerprint density at radius 1 is 1.06 bits per heavy atom. The van der Waals surface area contributed by atoms with E-state index in [-0.39, 0.29) is 12.3 Å². The highest BCUT2D eigenvalue weighted by Crippen LogP contribution is 2.36. The Labute approximate surface area is 198 Å². The van der Waals surface area contributed by atoms with Crippen molar-refractivity contribution in [3.8, 4) is 11.1 Å². The maximum atomic E-state index is 13.0. The third-order valence-corrected chi connectivity index (χ3v) is 5.54. The molecule has 2 heterocycles. The Bertz CT molecular complexity index is 1130. The van der Waals surface area contributed by atoms with Crippen molar-refractivity contribution in [2.75, 3.05) is 36.4 Å². The zero-order valence-electron chi connectivity index (χ0n) is 17.9. The zero-order chi connectivity index (χ0) is 24.1. The van der Waals surface area contributed by atoms with Crippen molar-refractivity contribution in [1.82, 2.24) is 15.3 Å². The summed E-state index contributed by atoms with van der Waals surface area (Å²) in [6, 6.07) is 10.4.